The fraction of sp³-hybridized carbons (Fsp3) is 0.579. The first-order chi connectivity index (χ1) is 13.3. The lowest BCUT2D eigenvalue weighted by Crippen LogP contribution is -2.46. The van der Waals surface area contributed by atoms with Gasteiger partial charge in [-0.15, -0.1) is 0 Å². The lowest BCUT2D eigenvalue weighted by Gasteiger charge is -2.29. The van der Waals surface area contributed by atoms with Crippen LogP contribution in [0.15, 0.2) is 18.2 Å². The van der Waals surface area contributed by atoms with Crippen LogP contribution in [0.25, 0.3) is 0 Å². The standard InChI is InChI=1S/C19H26N2O6S/c1-26-16-4-3-14(11-17(16)27-2)5-6-21-13-15(12-18(21)22)19(23)20-7-9-28(24,25)10-8-20/h3-4,11,15H,5-10,12-13H2,1-2H3. The lowest BCUT2D eigenvalue weighted by molar-refractivity contribution is -0.135. The Bertz CT molecular complexity index is 840. The molecule has 3 rings (SSSR count). The summed E-state index contributed by atoms with van der Waals surface area (Å²) in [5.41, 5.74) is 1.02. The fourth-order valence-corrected chi connectivity index (χ4v) is 4.85. The molecule has 0 aromatic heterocycles. The van der Waals surface area contributed by atoms with Crippen LogP contribution in [0.3, 0.4) is 0 Å². The fourth-order valence-electron chi connectivity index (χ4n) is 3.64. The van der Waals surface area contributed by atoms with Crippen molar-refractivity contribution in [2.75, 3.05) is 51.9 Å². The summed E-state index contributed by atoms with van der Waals surface area (Å²) < 4.78 is 33.6. The van der Waals surface area contributed by atoms with Gasteiger partial charge in [-0.1, -0.05) is 6.07 Å². The van der Waals surface area contributed by atoms with Gasteiger partial charge in [-0.2, -0.15) is 0 Å². The monoisotopic (exact) mass is 410 g/mol. The van der Waals surface area contributed by atoms with Crippen molar-refractivity contribution in [1.29, 1.82) is 0 Å². The van der Waals surface area contributed by atoms with Crippen LogP contribution in [0.2, 0.25) is 0 Å². The molecule has 154 valence electrons. The molecule has 28 heavy (non-hydrogen) atoms. The zero-order chi connectivity index (χ0) is 20.3. The van der Waals surface area contributed by atoms with Gasteiger partial charge >= 0.3 is 0 Å². The summed E-state index contributed by atoms with van der Waals surface area (Å²) in [6.07, 6.45) is 0.836. The molecule has 0 radical (unpaired) electrons. The maximum atomic E-state index is 12.7. The van der Waals surface area contributed by atoms with Crippen molar-refractivity contribution in [3.8, 4) is 11.5 Å². The Hall–Kier alpha value is -2.29. The van der Waals surface area contributed by atoms with E-state index in [1.165, 1.54) is 0 Å². The third kappa shape index (κ3) is 4.57. The van der Waals surface area contributed by atoms with Crippen LogP contribution in [-0.2, 0) is 25.8 Å². The largest absolute Gasteiger partial charge is 0.493 e. The SMILES string of the molecule is COc1ccc(CCN2CC(C(=O)N3CCS(=O)(=O)CC3)CC2=O)cc1OC. The number of likely N-dealkylation sites (tertiary alicyclic amines) is 1. The Balaban J connectivity index is 1.55. The lowest BCUT2D eigenvalue weighted by atomic mass is 10.1. The van der Waals surface area contributed by atoms with E-state index < -0.39 is 15.8 Å². The Labute approximate surface area is 165 Å². The van der Waals surface area contributed by atoms with E-state index >= 15 is 0 Å². The maximum absolute atomic E-state index is 12.7. The van der Waals surface area contributed by atoms with Crippen LogP contribution >= 0.6 is 0 Å². The van der Waals surface area contributed by atoms with E-state index in [2.05, 4.69) is 0 Å². The molecule has 1 aromatic carbocycles. The van der Waals surface area contributed by atoms with E-state index in [-0.39, 0.29) is 42.8 Å². The van der Waals surface area contributed by atoms with Crippen molar-refractivity contribution in [3.63, 3.8) is 0 Å². The number of benzene rings is 1. The van der Waals surface area contributed by atoms with Gasteiger partial charge in [-0.05, 0) is 24.1 Å². The van der Waals surface area contributed by atoms with Crippen molar-refractivity contribution in [3.05, 3.63) is 23.8 Å². The van der Waals surface area contributed by atoms with Gasteiger partial charge in [-0.25, -0.2) is 8.42 Å². The van der Waals surface area contributed by atoms with Gasteiger partial charge in [0.2, 0.25) is 11.8 Å². The Morgan fingerprint density at radius 1 is 1.14 bits per heavy atom. The Morgan fingerprint density at radius 2 is 1.82 bits per heavy atom. The van der Waals surface area contributed by atoms with Crippen molar-refractivity contribution in [1.82, 2.24) is 9.80 Å². The summed E-state index contributed by atoms with van der Waals surface area (Å²) in [7, 11) is 0.121. The second-order valence-electron chi connectivity index (χ2n) is 7.16. The van der Waals surface area contributed by atoms with E-state index in [1.807, 2.05) is 18.2 Å². The van der Waals surface area contributed by atoms with Gasteiger partial charge < -0.3 is 19.3 Å². The number of rotatable bonds is 6. The highest BCUT2D eigenvalue weighted by molar-refractivity contribution is 7.91. The minimum absolute atomic E-state index is 0.00240. The molecule has 8 nitrogen and oxygen atoms in total. The number of amides is 2. The van der Waals surface area contributed by atoms with Gasteiger partial charge in [-0.3, -0.25) is 9.59 Å². The van der Waals surface area contributed by atoms with Crippen molar-refractivity contribution in [2.45, 2.75) is 12.8 Å². The van der Waals surface area contributed by atoms with Crippen LogP contribution in [0.4, 0.5) is 0 Å². The van der Waals surface area contributed by atoms with E-state index in [9.17, 15) is 18.0 Å². The second kappa shape index (κ2) is 8.38. The zero-order valence-corrected chi connectivity index (χ0v) is 17.0. The minimum Gasteiger partial charge on any atom is -0.493 e. The highest BCUT2D eigenvalue weighted by Crippen LogP contribution is 2.28. The summed E-state index contributed by atoms with van der Waals surface area (Å²) in [4.78, 5) is 28.3. The molecular formula is C19H26N2O6S. The van der Waals surface area contributed by atoms with Gasteiger partial charge in [0.15, 0.2) is 21.3 Å². The maximum Gasteiger partial charge on any atom is 0.228 e. The van der Waals surface area contributed by atoms with Crippen molar-refractivity contribution >= 4 is 21.7 Å². The molecule has 2 heterocycles. The topological polar surface area (TPSA) is 93.2 Å². The summed E-state index contributed by atoms with van der Waals surface area (Å²) in [5, 5.41) is 0. The first-order valence-electron chi connectivity index (χ1n) is 9.31. The normalized spacial score (nSPS) is 21.6. The minimum atomic E-state index is -3.03. The molecular weight excluding hydrogens is 384 g/mol. The number of methoxy groups -OCH3 is 2. The highest BCUT2D eigenvalue weighted by atomic mass is 32.2. The number of ether oxygens (including phenoxy) is 2. The van der Waals surface area contributed by atoms with Crippen molar-refractivity contribution in [2.24, 2.45) is 5.92 Å². The number of hydrogen-bond acceptors (Lipinski definition) is 6. The molecule has 0 saturated carbocycles. The average Bonchev–Trinajstić information content (AvgIpc) is 3.06. The molecule has 2 aliphatic heterocycles. The first kappa shape index (κ1) is 20.4. The first-order valence-corrected chi connectivity index (χ1v) is 11.1. The van der Waals surface area contributed by atoms with Gasteiger partial charge in [0.1, 0.15) is 0 Å². The smallest absolute Gasteiger partial charge is 0.228 e. The van der Waals surface area contributed by atoms with E-state index in [0.717, 1.165) is 5.56 Å². The van der Waals surface area contributed by atoms with Crippen LogP contribution in [0, 0.1) is 5.92 Å². The van der Waals surface area contributed by atoms with Crippen LogP contribution in [0.5, 0.6) is 11.5 Å². The van der Waals surface area contributed by atoms with E-state index in [1.54, 1.807) is 24.0 Å². The van der Waals surface area contributed by atoms with Crippen molar-refractivity contribution < 1.29 is 27.5 Å². The molecule has 2 amide bonds. The molecule has 2 aliphatic rings. The van der Waals surface area contributed by atoms with E-state index in [0.29, 0.717) is 31.0 Å². The second-order valence-corrected chi connectivity index (χ2v) is 9.46. The third-order valence-corrected chi connectivity index (χ3v) is 6.95. The number of nitrogens with zero attached hydrogens (tertiary/aromatic N) is 2. The van der Waals surface area contributed by atoms with Gasteiger partial charge in [0.25, 0.3) is 0 Å². The quantitative estimate of drug-likeness (QED) is 0.672. The summed E-state index contributed by atoms with van der Waals surface area (Å²) in [6, 6.07) is 5.64. The van der Waals surface area contributed by atoms with E-state index in [4.69, 9.17) is 9.47 Å². The molecule has 2 saturated heterocycles. The Morgan fingerprint density at radius 3 is 2.46 bits per heavy atom. The molecule has 1 atom stereocenters. The molecule has 0 bridgehead atoms. The van der Waals surface area contributed by atoms with Crippen LogP contribution in [-0.4, -0.2) is 81.9 Å². The molecule has 2 fully saturated rings. The molecule has 1 unspecified atom stereocenters. The Kier molecular flexibility index (Phi) is 6.12. The third-order valence-electron chi connectivity index (χ3n) is 5.34. The average molecular weight is 410 g/mol. The van der Waals surface area contributed by atoms with Gasteiger partial charge in [0, 0.05) is 32.6 Å². The molecule has 1 aromatic rings. The zero-order valence-electron chi connectivity index (χ0n) is 16.2. The summed E-state index contributed by atoms with van der Waals surface area (Å²) in [5.74, 6) is 0.753. The molecule has 9 heteroatoms. The molecule has 0 aliphatic carbocycles. The summed E-state index contributed by atoms with van der Waals surface area (Å²) in [6.45, 7) is 1.34. The number of carbonyl (C=O) groups is 2. The number of carbonyl (C=O) groups excluding carboxylic acids is 2. The van der Waals surface area contributed by atoms with Crippen LogP contribution in [0.1, 0.15) is 12.0 Å². The van der Waals surface area contributed by atoms with Crippen LogP contribution < -0.4 is 9.47 Å². The highest BCUT2D eigenvalue weighted by Gasteiger charge is 2.37. The number of sulfone groups is 1. The van der Waals surface area contributed by atoms with Gasteiger partial charge in [0.05, 0.1) is 31.6 Å². The number of hydrogen-bond donors (Lipinski definition) is 0. The molecule has 0 N–H and O–H groups in total. The summed E-state index contributed by atoms with van der Waals surface area (Å²) >= 11 is 0. The predicted octanol–water partition coefficient (Wildman–Crippen LogP) is 0.352. The molecule has 0 spiro atoms. The predicted molar refractivity (Wildman–Crippen MR) is 103 cm³/mol.